The predicted molar refractivity (Wildman–Crippen MR) is 63.6 cm³/mol. The Bertz CT molecular complexity index is 567. The fraction of sp³-hybridized carbons (Fsp3) is 0.385. The van der Waals surface area contributed by atoms with Gasteiger partial charge < -0.3 is 4.98 Å². The first-order valence-electron chi connectivity index (χ1n) is 5.83. The number of aromatic amines is 1. The Morgan fingerprint density at radius 3 is 2.75 bits per heavy atom. The van der Waals surface area contributed by atoms with Crippen molar-refractivity contribution in [2.24, 2.45) is 0 Å². The first-order chi connectivity index (χ1) is 7.84. The highest BCUT2D eigenvalue weighted by Crippen LogP contribution is 2.31. The zero-order chi connectivity index (χ0) is 11.0. The van der Waals surface area contributed by atoms with Crippen molar-refractivity contribution in [2.45, 2.75) is 31.6 Å². The number of para-hydroxylation sites is 2. The molecular formula is C13H14N2O. The quantitative estimate of drug-likeness (QED) is 0.793. The van der Waals surface area contributed by atoms with Crippen LogP contribution >= 0.6 is 0 Å². The van der Waals surface area contributed by atoms with Gasteiger partial charge in [-0.1, -0.05) is 25.0 Å². The molecule has 0 amide bonds. The Labute approximate surface area is 93.5 Å². The maximum Gasteiger partial charge on any atom is 0.270 e. The highest BCUT2D eigenvalue weighted by molar-refractivity contribution is 5.73. The number of hydrogen-bond acceptors (Lipinski definition) is 2. The van der Waals surface area contributed by atoms with E-state index in [1.807, 2.05) is 24.3 Å². The Hall–Kier alpha value is -1.64. The molecule has 1 fully saturated rings. The molecule has 1 N–H and O–H groups in total. The molecule has 0 spiro atoms. The van der Waals surface area contributed by atoms with E-state index in [-0.39, 0.29) is 5.56 Å². The van der Waals surface area contributed by atoms with Crippen molar-refractivity contribution in [1.82, 2.24) is 9.97 Å². The zero-order valence-electron chi connectivity index (χ0n) is 9.07. The summed E-state index contributed by atoms with van der Waals surface area (Å²) in [6.07, 6.45) is 4.65. The molecule has 0 atom stereocenters. The fourth-order valence-electron chi connectivity index (χ4n) is 2.52. The van der Waals surface area contributed by atoms with Crippen LogP contribution in [-0.4, -0.2) is 9.97 Å². The summed E-state index contributed by atoms with van der Waals surface area (Å²) in [5.74, 6) is 0.369. The summed E-state index contributed by atoms with van der Waals surface area (Å²) < 4.78 is 0. The fourth-order valence-corrected chi connectivity index (χ4v) is 2.52. The molecule has 1 saturated carbocycles. The van der Waals surface area contributed by atoms with E-state index in [1.54, 1.807) is 0 Å². The molecular weight excluding hydrogens is 200 g/mol. The van der Waals surface area contributed by atoms with E-state index in [9.17, 15) is 4.79 Å². The molecule has 82 valence electrons. The normalized spacial score (nSPS) is 17.0. The van der Waals surface area contributed by atoms with Crippen LogP contribution in [0.25, 0.3) is 11.0 Å². The predicted octanol–water partition coefficient (Wildman–Crippen LogP) is 2.58. The van der Waals surface area contributed by atoms with Crippen LogP contribution in [0.2, 0.25) is 0 Å². The van der Waals surface area contributed by atoms with Gasteiger partial charge in [-0.3, -0.25) is 4.79 Å². The highest BCUT2D eigenvalue weighted by atomic mass is 16.1. The van der Waals surface area contributed by atoms with E-state index in [0.717, 1.165) is 29.6 Å². The number of nitrogens with one attached hydrogen (secondary N) is 1. The molecule has 3 rings (SSSR count). The van der Waals surface area contributed by atoms with E-state index < -0.39 is 0 Å². The third kappa shape index (κ3) is 1.52. The van der Waals surface area contributed by atoms with Gasteiger partial charge in [-0.2, -0.15) is 0 Å². The van der Waals surface area contributed by atoms with E-state index in [4.69, 9.17) is 0 Å². The third-order valence-corrected chi connectivity index (χ3v) is 3.37. The van der Waals surface area contributed by atoms with Crippen molar-refractivity contribution in [1.29, 1.82) is 0 Å². The Morgan fingerprint density at radius 1 is 1.19 bits per heavy atom. The molecule has 0 bridgehead atoms. The second-order valence-corrected chi connectivity index (χ2v) is 4.45. The van der Waals surface area contributed by atoms with Gasteiger partial charge in [0.1, 0.15) is 5.69 Å². The summed E-state index contributed by atoms with van der Waals surface area (Å²) in [6, 6.07) is 7.70. The van der Waals surface area contributed by atoms with Crippen LogP contribution in [0, 0.1) is 0 Å². The van der Waals surface area contributed by atoms with Crippen molar-refractivity contribution in [3.8, 4) is 0 Å². The van der Waals surface area contributed by atoms with E-state index in [0.29, 0.717) is 5.92 Å². The second-order valence-electron chi connectivity index (χ2n) is 4.45. The summed E-state index contributed by atoms with van der Waals surface area (Å²) in [5.41, 5.74) is 2.44. The number of fused-ring (bicyclic) bond motifs is 1. The molecule has 16 heavy (non-hydrogen) atoms. The molecule has 0 unspecified atom stereocenters. The van der Waals surface area contributed by atoms with Crippen molar-refractivity contribution < 1.29 is 0 Å². The Kier molecular flexibility index (Phi) is 2.24. The van der Waals surface area contributed by atoms with E-state index in [2.05, 4.69) is 9.97 Å². The van der Waals surface area contributed by atoms with Crippen molar-refractivity contribution in [3.05, 3.63) is 40.3 Å². The molecule has 2 aromatic rings. The van der Waals surface area contributed by atoms with Gasteiger partial charge in [-0.25, -0.2) is 4.98 Å². The van der Waals surface area contributed by atoms with E-state index >= 15 is 0 Å². The molecule has 1 aromatic carbocycles. The largest absolute Gasteiger partial charge is 0.319 e. The highest BCUT2D eigenvalue weighted by Gasteiger charge is 2.21. The van der Waals surface area contributed by atoms with Gasteiger partial charge in [0.15, 0.2) is 0 Å². The lowest BCUT2D eigenvalue weighted by Gasteiger charge is -2.07. The zero-order valence-corrected chi connectivity index (χ0v) is 9.07. The smallest absolute Gasteiger partial charge is 0.270 e. The minimum atomic E-state index is -0.00870. The molecule has 3 heteroatoms. The topological polar surface area (TPSA) is 45.8 Å². The monoisotopic (exact) mass is 214 g/mol. The average molecular weight is 214 g/mol. The van der Waals surface area contributed by atoms with Crippen LogP contribution in [0.15, 0.2) is 29.1 Å². The lowest BCUT2D eigenvalue weighted by atomic mass is 10.0. The minimum absolute atomic E-state index is 0.00870. The van der Waals surface area contributed by atoms with Crippen LogP contribution in [0.4, 0.5) is 0 Å². The minimum Gasteiger partial charge on any atom is -0.319 e. The van der Waals surface area contributed by atoms with Crippen molar-refractivity contribution in [3.63, 3.8) is 0 Å². The Morgan fingerprint density at radius 2 is 1.94 bits per heavy atom. The summed E-state index contributed by atoms with van der Waals surface area (Å²) >= 11 is 0. The third-order valence-electron chi connectivity index (χ3n) is 3.37. The average Bonchev–Trinajstić information content (AvgIpc) is 2.81. The lowest BCUT2D eigenvalue weighted by Crippen LogP contribution is -2.17. The molecule has 3 nitrogen and oxygen atoms in total. The van der Waals surface area contributed by atoms with Crippen LogP contribution < -0.4 is 5.56 Å². The van der Waals surface area contributed by atoms with Crippen LogP contribution in [0.5, 0.6) is 0 Å². The molecule has 1 aromatic heterocycles. The lowest BCUT2D eigenvalue weighted by molar-refractivity contribution is 0.689. The molecule has 1 aliphatic rings. The van der Waals surface area contributed by atoms with Gasteiger partial charge in [-0.15, -0.1) is 0 Å². The number of H-pyrrole nitrogens is 1. The maximum atomic E-state index is 11.9. The summed E-state index contributed by atoms with van der Waals surface area (Å²) in [6.45, 7) is 0. The molecule has 0 radical (unpaired) electrons. The van der Waals surface area contributed by atoms with Crippen molar-refractivity contribution >= 4 is 11.0 Å². The van der Waals surface area contributed by atoms with Gasteiger partial charge in [-0.05, 0) is 25.0 Å². The number of benzene rings is 1. The van der Waals surface area contributed by atoms with Gasteiger partial charge in [0.2, 0.25) is 0 Å². The SMILES string of the molecule is O=c1[nH]c2ccccc2nc1C1CCCC1. The number of hydrogen-bond donors (Lipinski definition) is 1. The first kappa shape index (κ1) is 9.58. The summed E-state index contributed by atoms with van der Waals surface area (Å²) in [4.78, 5) is 19.3. The molecule has 1 aliphatic carbocycles. The molecule has 0 saturated heterocycles. The standard InChI is InChI=1S/C13H14N2O/c16-13-12(9-5-1-2-6-9)14-10-7-3-4-8-11(10)15-13/h3-4,7-9H,1-2,5-6H2,(H,15,16). The second kappa shape index (κ2) is 3.74. The van der Waals surface area contributed by atoms with Crippen LogP contribution in [0.3, 0.4) is 0 Å². The number of rotatable bonds is 1. The Balaban J connectivity index is 2.17. The van der Waals surface area contributed by atoms with Gasteiger partial charge in [0.05, 0.1) is 11.0 Å². The van der Waals surface area contributed by atoms with Crippen molar-refractivity contribution in [2.75, 3.05) is 0 Å². The van der Waals surface area contributed by atoms with E-state index in [1.165, 1.54) is 12.8 Å². The summed E-state index contributed by atoms with van der Waals surface area (Å²) in [7, 11) is 0. The summed E-state index contributed by atoms with van der Waals surface area (Å²) in [5, 5.41) is 0. The number of nitrogens with zero attached hydrogens (tertiary/aromatic N) is 1. The number of aromatic nitrogens is 2. The maximum absolute atomic E-state index is 11.9. The first-order valence-corrected chi connectivity index (χ1v) is 5.83. The molecule has 0 aliphatic heterocycles. The van der Waals surface area contributed by atoms with Crippen LogP contribution in [0.1, 0.15) is 37.3 Å². The van der Waals surface area contributed by atoms with Gasteiger partial charge >= 0.3 is 0 Å². The molecule has 1 heterocycles. The van der Waals surface area contributed by atoms with Gasteiger partial charge in [0, 0.05) is 5.92 Å². The van der Waals surface area contributed by atoms with Gasteiger partial charge in [0.25, 0.3) is 5.56 Å². The van der Waals surface area contributed by atoms with Crippen LogP contribution in [-0.2, 0) is 0 Å².